The van der Waals surface area contributed by atoms with Crippen LogP contribution >= 0.6 is 15.9 Å². The Labute approximate surface area is 154 Å². The minimum absolute atomic E-state index is 0.513. The molecule has 0 bridgehead atoms. The molecule has 1 heteroatoms. The van der Waals surface area contributed by atoms with Crippen molar-refractivity contribution in [2.45, 2.75) is 38.0 Å². The molecule has 0 atom stereocenters. The minimum Gasteiger partial charge on any atom is -0.0985 e. The minimum atomic E-state index is 0.513. The van der Waals surface area contributed by atoms with E-state index in [1.54, 1.807) is 0 Å². The van der Waals surface area contributed by atoms with Crippen LogP contribution in [0.25, 0.3) is 23.3 Å². The highest BCUT2D eigenvalue weighted by atomic mass is 79.9. The van der Waals surface area contributed by atoms with Gasteiger partial charge in [-0.05, 0) is 46.2 Å². The highest BCUT2D eigenvalue weighted by Crippen LogP contribution is 2.47. The summed E-state index contributed by atoms with van der Waals surface area (Å²) in [6.07, 6.45) is 10.3. The van der Waals surface area contributed by atoms with Gasteiger partial charge in [-0.2, -0.15) is 0 Å². The number of alkyl halides is 1. The summed E-state index contributed by atoms with van der Waals surface area (Å²) in [6.45, 7) is 7.87. The Morgan fingerprint density at radius 3 is 1.83 bits per heavy atom. The maximum absolute atomic E-state index is 3.94. The number of halogens is 1. The molecule has 1 aliphatic rings. The molecular formula is C23H25Br. The van der Waals surface area contributed by atoms with E-state index in [1.165, 1.54) is 65.5 Å². The van der Waals surface area contributed by atoms with Gasteiger partial charge in [-0.25, -0.2) is 0 Å². The Bertz CT molecular complexity index is 684. The predicted octanol–water partition coefficient (Wildman–Crippen LogP) is 7.43. The zero-order valence-corrected chi connectivity index (χ0v) is 15.8. The number of rotatable bonds is 8. The summed E-state index contributed by atoms with van der Waals surface area (Å²) in [7, 11) is 0. The Morgan fingerprint density at radius 2 is 1.33 bits per heavy atom. The van der Waals surface area contributed by atoms with Crippen LogP contribution < -0.4 is 0 Å². The molecule has 0 radical (unpaired) electrons. The number of unbranched alkanes of at least 4 members (excludes halogenated alkanes) is 3. The first-order valence-corrected chi connectivity index (χ1v) is 9.99. The normalized spacial score (nSPS) is 12.7. The highest BCUT2D eigenvalue weighted by Gasteiger charge is 2.28. The van der Waals surface area contributed by atoms with Gasteiger partial charge in [0.1, 0.15) is 0 Å². The lowest BCUT2D eigenvalue weighted by molar-refractivity contribution is 0.604. The molecule has 0 unspecified atom stereocenters. The molecular weight excluding hydrogens is 356 g/mol. The van der Waals surface area contributed by atoms with E-state index < -0.39 is 0 Å². The molecule has 0 fully saturated rings. The van der Waals surface area contributed by atoms with Crippen LogP contribution in [0.3, 0.4) is 0 Å². The summed E-state index contributed by atoms with van der Waals surface area (Å²) < 4.78 is 0. The average Bonchev–Trinajstić information content (AvgIpc) is 2.93. The second-order valence-electron chi connectivity index (χ2n) is 6.55. The first-order chi connectivity index (χ1) is 11.8. The topological polar surface area (TPSA) is 0 Å². The first-order valence-electron chi connectivity index (χ1n) is 8.87. The molecule has 0 saturated heterocycles. The van der Waals surface area contributed by atoms with Crippen LogP contribution in [-0.4, -0.2) is 5.33 Å². The van der Waals surface area contributed by atoms with E-state index in [0.717, 1.165) is 5.33 Å². The van der Waals surface area contributed by atoms with E-state index in [0.29, 0.717) is 5.92 Å². The lowest BCUT2D eigenvalue weighted by Gasteiger charge is -2.14. The van der Waals surface area contributed by atoms with Crippen molar-refractivity contribution in [2.75, 3.05) is 5.33 Å². The van der Waals surface area contributed by atoms with Gasteiger partial charge >= 0.3 is 0 Å². The fourth-order valence-corrected chi connectivity index (χ4v) is 4.16. The summed E-state index contributed by atoms with van der Waals surface area (Å²) in [5.41, 5.74) is 8.19. The van der Waals surface area contributed by atoms with Crippen LogP contribution in [0.2, 0.25) is 0 Å². The van der Waals surface area contributed by atoms with Crippen molar-refractivity contribution in [2.24, 2.45) is 0 Å². The molecule has 0 N–H and O–H groups in total. The quantitative estimate of drug-likeness (QED) is 0.329. The van der Waals surface area contributed by atoms with Crippen LogP contribution in [0.4, 0.5) is 0 Å². The Hall–Kier alpha value is -1.60. The van der Waals surface area contributed by atoms with Gasteiger partial charge in [-0.3, -0.25) is 0 Å². The highest BCUT2D eigenvalue weighted by molar-refractivity contribution is 9.09. The number of hydrogen-bond acceptors (Lipinski definition) is 0. The summed E-state index contributed by atoms with van der Waals surface area (Å²) >= 11 is 3.52. The van der Waals surface area contributed by atoms with Crippen molar-refractivity contribution in [3.05, 3.63) is 71.8 Å². The Morgan fingerprint density at radius 1 is 0.792 bits per heavy atom. The maximum Gasteiger partial charge on any atom is 0.0102 e. The monoisotopic (exact) mass is 380 g/mol. The average molecular weight is 381 g/mol. The molecule has 24 heavy (non-hydrogen) atoms. The zero-order valence-electron chi connectivity index (χ0n) is 14.2. The van der Waals surface area contributed by atoms with Crippen LogP contribution in [0.15, 0.2) is 49.6 Å². The molecule has 0 aromatic heterocycles. The van der Waals surface area contributed by atoms with Gasteiger partial charge in [0.05, 0.1) is 0 Å². The molecule has 2 aromatic carbocycles. The summed E-state index contributed by atoms with van der Waals surface area (Å²) in [6, 6.07) is 13.6. The van der Waals surface area contributed by atoms with Crippen LogP contribution in [0.1, 0.15) is 60.3 Å². The van der Waals surface area contributed by atoms with E-state index in [-0.39, 0.29) is 0 Å². The van der Waals surface area contributed by atoms with Gasteiger partial charge in [0, 0.05) is 11.2 Å². The van der Waals surface area contributed by atoms with Crippen molar-refractivity contribution in [1.29, 1.82) is 0 Å². The number of hydrogen-bond donors (Lipinski definition) is 0. The lowest BCUT2D eigenvalue weighted by atomic mass is 9.90. The largest absolute Gasteiger partial charge is 0.0985 e. The fraction of sp³-hybridized carbons (Fsp3) is 0.304. The Kier molecular flexibility index (Phi) is 5.73. The molecule has 0 heterocycles. The summed E-state index contributed by atoms with van der Waals surface area (Å²) in [5.74, 6) is 0.513. The molecule has 2 aromatic rings. The second-order valence-corrected chi connectivity index (χ2v) is 7.34. The van der Waals surface area contributed by atoms with Gasteiger partial charge in [-0.15, -0.1) is 0 Å². The molecule has 0 aliphatic heterocycles. The third kappa shape index (κ3) is 3.42. The standard InChI is InChI=1S/C23H25Br/c1-3-17-10-12-20-21-13-11-18(4-2)16-23(21)19(22(20)15-17)9-7-5-6-8-14-24/h3-4,10-13,15-16,19H,1-2,5-9,14H2. The zero-order chi connectivity index (χ0) is 16.9. The number of benzene rings is 2. The third-order valence-electron chi connectivity index (χ3n) is 5.04. The van der Waals surface area contributed by atoms with Crippen molar-refractivity contribution in [3.8, 4) is 11.1 Å². The van der Waals surface area contributed by atoms with E-state index in [4.69, 9.17) is 0 Å². The van der Waals surface area contributed by atoms with Crippen molar-refractivity contribution in [1.82, 2.24) is 0 Å². The smallest absolute Gasteiger partial charge is 0.0102 e. The van der Waals surface area contributed by atoms with Crippen molar-refractivity contribution < 1.29 is 0 Å². The second kappa shape index (κ2) is 7.98. The van der Waals surface area contributed by atoms with Gasteiger partial charge in [0.15, 0.2) is 0 Å². The van der Waals surface area contributed by atoms with E-state index >= 15 is 0 Å². The predicted molar refractivity (Wildman–Crippen MR) is 111 cm³/mol. The fourth-order valence-electron chi connectivity index (χ4n) is 3.76. The van der Waals surface area contributed by atoms with Crippen LogP contribution in [-0.2, 0) is 0 Å². The molecule has 0 amide bonds. The molecule has 3 rings (SSSR count). The van der Waals surface area contributed by atoms with Gasteiger partial charge in [0.2, 0.25) is 0 Å². The summed E-state index contributed by atoms with van der Waals surface area (Å²) in [5, 5.41) is 1.12. The molecule has 0 saturated carbocycles. The lowest BCUT2D eigenvalue weighted by Crippen LogP contribution is -1.98. The molecule has 1 aliphatic carbocycles. The maximum atomic E-state index is 3.94. The van der Waals surface area contributed by atoms with Crippen LogP contribution in [0, 0.1) is 0 Å². The van der Waals surface area contributed by atoms with E-state index in [1.807, 2.05) is 12.2 Å². The SMILES string of the molecule is C=Cc1ccc2c(c1)C(CCCCCCBr)c1cc(C=C)ccc1-2. The first kappa shape index (κ1) is 17.2. The molecule has 0 nitrogen and oxygen atoms in total. The van der Waals surface area contributed by atoms with Gasteiger partial charge in [-0.1, -0.05) is 96.9 Å². The van der Waals surface area contributed by atoms with Gasteiger partial charge in [0.25, 0.3) is 0 Å². The molecule has 0 spiro atoms. The van der Waals surface area contributed by atoms with Crippen molar-refractivity contribution >= 4 is 28.1 Å². The van der Waals surface area contributed by atoms with Crippen LogP contribution in [0.5, 0.6) is 0 Å². The Balaban J connectivity index is 1.91. The third-order valence-corrected chi connectivity index (χ3v) is 5.60. The van der Waals surface area contributed by atoms with E-state index in [2.05, 4.69) is 65.5 Å². The molecule has 124 valence electrons. The van der Waals surface area contributed by atoms with E-state index in [9.17, 15) is 0 Å². The van der Waals surface area contributed by atoms with Gasteiger partial charge < -0.3 is 0 Å². The van der Waals surface area contributed by atoms with Crippen molar-refractivity contribution in [3.63, 3.8) is 0 Å². The number of fused-ring (bicyclic) bond motifs is 3. The summed E-state index contributed by atoms with van der Waals surface area (Å²) in [4.78, 5) is 0.